The SMILES string of the molecule is CN(C)Cc1ccc(O)cc1.[H-].[Na+]. The molecule has 12 heavy (non-hydrogen) atoms. The second-order valence-corrected chi connectivity index (χ2v) is 2.90. The van der Waals surface area contributed by atoms with Gasteiger partial charge in [-0.15, -0.1) is 0 Å². The number of nitrogens with zero attached hydrogens (tertiary/aromatic N) is 1. The van der Waals surface area contributed by atoms with Crippen molar-refractivity contribution in [3.63, 3.8) is 0 Å². The third kappa shape index (κ3) is 4.12. The molecule has 0 aliphatic carbocycles. The topological polar surface area (TPSA) is 23.5 Å². The predicted molar refractivity (Wildman–Crippen MR) is 46.6 cm³/mol. The van der Waals surface area contributed by atoms with Crippen molar-refractivity contribution in [1.82, 2.24) is 4.90 Å². The molecule has 0 bridgehead atoms. The van der Waals surface area contributed by atoms with Crippen molar-refractivity contribution in [2.45, 2.75) is 6.54 Å². The molecule has 0 aliphatic rings. The molecular formula is C9H14NNaO. The largest absolute Gasteiger partial charge is 1.00 e. The van der Waals surface area contributed by atoms with E-state index in [-0.39, 0.29) is 31.0 Å². The molecule has 1 aromatic carbocycles. The van der Waals surface area contributed by atoms with E-state index < -0.39 is 0 Å². The van der Waals surface area contributed by atoms with Crippen molar-refractivity contribution in [2.75, 3.05) is 14.1 Å². The fraction of sp³-hybridized carbons (Fsp3) is 0.333. The molecule has 0 spiro atoms. The van der Waals surface area contributed by atoms with Crippen molar-refractivity contribution >= 4 is 0 Å². The minimum absolute atomic E-state index is 0. The second-order valence-electron chi connectivity index (χ2n) is 2.90. The Bertz CT molecular complexity index is 226. The molecule has 2 nitrogen and oxygen atoms in total. The molecule has 1 aromatic rings. The Morgan fingerprint density at radius 3 is 2.17 bits per heavy atom. The monoisotopic (exact) mass is 175 g/mol. The average Bonchev–Trinajstić information content (AvgIpc) is 1.93. The zero-order chi connectivity index (χ0) is 8.27. The molecule has 0 atom stereocenters. The van der Waals surface area contributed by atoms with Crippen molar-refractivity contribution in [3.8, 4) is 5.75 Å². The number of rotatable bonds is 2. The van der Waals surface area contributed by atoms with Crippen LogP contribution in [0.15, 0.2) is 24.3 Å². The van der Waals surface area contributed by atoms with Crippen LogP contribution in [-0.4, -0.2) is 24.1 Å². The van der Waals surface area contributed by atoms with Gasteiger partial charge in [-0.25, -0.2) is 0 Å². The summed E-state index contributed by atoms with van der Waals surface area (Å²) >= 11 is 0. The van der Waals surface area contributed by atoms with Gasteiger partial charge in [-0.2, -0.15) is 0 Å². The molecule has 0 fully saturated rings. The van der Waals surface area contributed by atoms with E-state index in [0.29, 0.717) is 5.75 Å². The number of hydrogen-bond acceptors (Lipinski definition) is 2. The number of aromatic hydroxyl groups is 1. The van der Waals surface area contributed by atoms with Gasteiger partial charge in [0.2, 0.25) is 0 Å². The summed E-state index contributed by atoms with van der Waals surface area (Å²) in [7, 11) is 4.04. The van der Waals surface area contributed by atoms with Crippen LogP contribution in [0.1, 0.15) is 6.99 Å². The Morgan fingerprint density at radius 1 is 1.25 bits per heavy atom. The molecule has 0 unspecified atom stereocenters. The summed E-state index contributed by atoms with van der Waals surface area (Å²) in [6.07, 6.45) is 0. The van der Waals surface area contributed by atoms with E-state index in [4.69, 9.17) is 5.11 Å². The maximum absolute atomic E-state index is 8.98. The molecule has 0 heterocycles. The van der Waals surface area contributed by atoms with Gasteiger partial charge in [-0.1, -0.05) is 12.1 Å². The van der Waals surface area contributed by atoms with E-state index in [1.165, 1.54) is 5.56 Å². The minimum atomic E-state index is 0. The van der Waals surface area contributed by atoms with Gasteiger partial charge >= 0.3 is 29.6 Å². The molecule has 0 saturated carbocycles. The number of benzene rings is 1. The standard InChI is InChI=1S/C9H13NO.Na.H/c1-10(2)7-8-3-5-9(11)6-4-8;;/h3-6,11H,7H2,1-2H3;;/q;+1;-1. The quantitative estimate of drug-likeness (QED) is 0.557. The van der Waals surface area contributed by atoms with Crippen molar-refractivity contribution in [2.24, 2.45) is 0 Å². The second kappa shape index (κ2) is 5.60. The first kappa shape index (κ1) is 12.0. The Kier molecular flexibility index (Phi) is 5.59. The number of phenolic OH excluding ortho intramolecular Hbond substituents is 1. The zero-order valence-electron chi connectivity index (χ0n) is 8.91. The summed E-state index contributed by atoms with van der Waals surface area (Å²) in [5.74, 6) is 0.326. The van der Waals surface area contributed by atoms with Gasteiger partial charge in [0.25, 0.3) is 0 Å². The van der Waals surface area contributed by atoms with Crippen LogP contribution in [0, 0.1) is 0 Å². The molecule has 0 aromatic heterocycles. The van der Waals surface area contributed by atoms with Crippen LogP contribution in [0.4, 0.5) is 0 Å². The van der Waals surface area contributed by atoms with Gasteiger partial charge in [0.15, 0.2) is 0 Å². The Hall–Kier alpha value is -0.0200. The van der Waals surface area contributed by atoms with Crippen LogP contribution in [0.25, 0.3) is 0 Å². The summed E-state index contributed by atoms with van der Waals surface area (Å²) in [4.78, 5) is 2.09. The summed E-state index contributed by atoms with van der Waals surface area (Å²) in [5.41, 5.74) is 1.22. The third-order valence-electron chi connectivity index (χ3n) is 1.44. The normalized spacial score (nSPS) is 9.58. The predicted octanol–water partition coefficient (Wildman–Crippen LogP) is -1.43. The number of phenols is 1. The molecule has 1 rings (SSSR count). The van der Waals surface area contributed by atoms with E-state index in [9.17, 15) is 0 Å². The summed E-state index contributed by atoms with van der Waals surface area (Å²) < 4.78 is 0. The smallest absolute Gasteiger partial charge is 1.00 e. The fourth-order valence-electron chi connectivity index (χ4n) is 0.967. The van der Waals surface area contributed by atoms with Gasteiger partial charge in [0.05, 0.1) is 0 Å². The van der Waals surface area contributed by atoms with E-state index >= 15 is 0 Å². The summed E-state index contributed by atoms with van der Waals surface area (Å²) in [6.45, 7) is 0.917. The van der Waals surface area contributed by atoms with Crippen molar-refractivity contribution in [1.29, 1.82) is 0 Å². The van der Waals surface area contributed by atoms with E-state index in [1.807, 2.05) is 26.2 Å². The third-order valence-corrected chi connectivity index (χ3v) is 1.44. The molecule has 3 heteroatoms. The van der Waals surface area contributed by atoms with Crippen LogP contribution in [0.2, 0.25) is 0 Å². The maximum Gasteiger partial charge on any atom is 1.00 e. The van der Waals surface area contributed by atoms with E-state index in [0.717, 1.165) is 6.54 Å². The average molecular weight is 175 g/mol. The van der Waals surface area contributed by atoms with Crippen LogP contribution >= 0.6 is 0 Å². The van der Waals surface area contributed by atoms with Gasteiger partial charge in [0.1, 0.15) is 5.75 Å². The Balaban J connectivity index is 0. The van der Waals surface area contributed by atoms with E-state index in [2.05, 4.69) is 4.90 Å². The summed E-state index contributed by atoms with van der Waals surface area (Å²) in [6, 6.07) is 7.27. The van der Waals surface area contributed by atoms with Gasteiger partial charge in [-0.05, 0) is 31.8 Å². The van der Waals surface area contributed by atoms with Crippen molar-refractivity contribution < 1.29 is 36.1 Å². The molecule has 62 valence electrons. The molecular weight excluding hydrogens is 161 g/mol. The Labute approximate surface area is 97.0 Å². The van der Waals surface area contributed by atoms with Crippen LogP contribution in [-0.2, 0) is 6.54 Å². The molecule has 0 amide bonds. The van der Waals surface area contributed by atoms with Crippen LogP contribution in [0.5, 0.6) is 5.75 Å². The minimum Gasteiger partial charge on any atom is -1.00 e. The Morgan fingerprint density at radius 2 is 1.75 bits per heavy atom. The number of hydrogen-bond donors (Lipinski definition) is 1. The first-order valence-electron chi connectivity index (χ1n) is 3.61. The first-order valence-corrected chi connectivity index (χ1v) is 3.61. The molecule has 1 N–H and O–H groups in total. The fourth-order valence-corrected chi connectivity index (χ4v) is 0.967. The van der Waals surface area contributed by atoms with Crippen LogP contribution < -0.4 is 29.6 Å². The first-order chi connectivity index (χ1) is 5.18. The van der Waals surface area contributed by atoms with Crippen LogP contribution in [0.3, 0.4) is 0 Å². The van der Waals surface area contributed by atoms with Crippen molar-refractivity contribution in [3.05, 3.63) is 29.8 Å². The summed E-state index contributed by atoms with van der Waals surface area (Å²) in [5, 5.41) is 8.98. The molecule has 0 aliphatic heterocycles. The van der Waals surface area contributed by atoms with Gasteiger partial charge in [0, 0.05) is 6.54 Å². The molecule has 0 saturated heterocycles. The molecule has 0 radical (unpaired) electrons. The van der Waals surface area contributed by atoms with Gasteiger partial charge in [-0.3, -0.25) is 0 Å². The maximum atomic E-state index is 8.98. The van der Waals surface area contributed by atoms with E-state index in [1.54, 1.807) is 12.1 Å². The van der Waals surface area contributed by atoms with Gasteiger partial charge < -0.3 is 11.4 Å². The zero-order valence-corrected chi connectivity index (χ0v) is 9.91.